The molecular weight excluding hydrogens is 200 g/mol. The van der Waals surface area contributed by atoms with E-state index in [0.29, 0.717) is 6.54 Å². The third-order valence-corrected chi connectivity index (χ3v) is 2.38. The molecule has 0 aliphatic carbocycles. The second kappa shape index (κ2) is 5.20. The summed E-state index contributed by atoms with van der Waals surface area (Å²) in [5, 5.41) is 12.5. The molecule has 0 radical (unpaired) electrons. The van der Waals surface area contributed by atoms with Crippen LogP contribution in [0.2, 0.25) is 5.02 Å². The molecule has 14 heavy (non-hydrogen) atoms. The van der Waals surface area contributed by atoms with Gasteiger partial charge in [0.25, 0.3) is 0 Å². The molecule has 0 saturated carbocycles. The van der Waals surface area contributed by atoms with Gasteiger partial charge in [0.15, 0.2) is 0 Å². The van der Waals surface area contributed by atoms with E-state index in [1.807, 2.05) is 25.1 Å². The Morgan fingerprint density at radius 3 is 2.86 bits per heavy atom. The van der Waals surface area contributed by atoms with Crippen molar-refractivity contribution in [3.05, 3.63) is 28.8 Å². The molecular formula is C10H15ClN2O. The fraction of sp³-hybridized carbons (Fsp3) is 0.400. The second-order valence-corrected chi connectivity index (χ2v) is 3.69. The quantitative estimate of drug-likeness (QED) is 0.710. The molecule has 0 spiro atoms. The molecule has 4 N–H and O–H groups in total. The average molecular weight is 215 g/mol. The van der Waals surface area contributed by atoms with Crippen molar-refractivity contribution in [1.82, 2.24) is 0 Å². The number of aryl methyl sites for hydroxylation is 1. The van der Waals surface area contributed by atoms with Gasteiger partial charge in [-0.2, -0.15) is 0 Å². The molecule has 0 aromatic heterocycles. The maximum absolute atomic E-state index is 8.72. The maximum Gasteiger partial charge on any atom is 0.0599 e. The number of nitrogens with two attached hydrogens (primary N) is 1. The highest BCUT2D eigenvalue weighted by Gasteiger charge is 2.01. The van der Waals surface area contributed by atoms with E-state index in [2.05, 4.69) is 5.32 Å². The second-order valence-electron chi connectivity index (χ2n) is 3.29. The summed E-state index contributed by atoms with van der Waals surface area (Å²) in [6.07, 6.45) is 0. The predicted octanol–water partition coefficient (Wildman–Crippen LogP) is 1.38. The smallest absolute Gasteiger partial charge is 0.0599 e. The third-order valence-electron chi connectivity index (χ3n) is 1.97. The SMILES string of the molecule is Cc1ccc(NCC(N)CO)cc1Cl. The van der Waals surface area contributed by atoms with E-state index in [1.165, 1.54) is 0 Å². The molecule has 0 amide bonds. The zero-order chi connectivity index (χ0) is 10.6. The molecule has 1 rings (SSSR count). The Balaban J connectivity index is 2.55. The van der Waals surface area contributed by atoms with Gasteiger partial charge in [0.2, 0.25) is 0 Å². The van der Waals surface area contributed by atoms with E-state index in [4.69, 9.17) is 22.4 Å². The molecule has 0 fully saturated rings. The summed E-state index contributed by atoms with van der Waals surface area (Å²) in [4.78, 5) is 0. The Morgan fingerprint density at radius 2 is 2.29 bits per heavy atom. The van der Waals surface area contributed by atoms with Gasteiger partial charge in [-0.15, -0.1) is 0 Å². The van der Waals surface area contributed by atoms with Crippen LogP contribution in [-0.4, -0.2) is 24.3 Å². The fourth-order valence-corrected chi connectivity index (χ4v) is 1.20. The van der Waals surface area contributed by atoms with E-state index in [1.54, 1.807) is 0 Å². The van der Waals surface area contributed by atoms with Crippen molar-refractivity contribution in [2.75, 3.05) is 18.5 Å². The van der Waals surface area contributed by atoms with Crippen LogP contribution >= 0.6 is 11.6 Å². The summed E-state index contributed by atoms with van der Waals surface area (Å²) < 4.78 is 0. The summed E-state index contributed by atoms with van der Waals surface area (Å²) in [5.74, 6) is 0. The third kappa shape index (κ3) is 3.18. The van der Waals surface area contributed by atoms with Crippen molar-refractivity contribution in [2.45, 2.75) is 13.0 Å². The van der Waals surface area contributed by atoms with Crippen molar-refractivity contribution < 1.29 is 5.11 Å². The van der Waals surface area contributed by atoms with Crippen LogP contribution < -0.4 is 11.1 Å². The standard InChI is InChI=1S/C10H15ClN2O/c1-7-2-3-9(4-10(7)11)13-5-8(12)6-14/h2-4,8,13-14H,5-6,12H2,1H3. The number of aliphatic hydroxyl groups is 1. The number of halogens is 1. The van der Waals surface area contributed by atoms with Gasteiger partial charge >= 0.3 is 0 Å². The Bertz CT molecular complexity index is 304. The fourth-order valence-electron chi connectivity index (χ4n) is 1.02. The largest absolute Gasteiger partial charge is 0.395 e. The van der Waals surface area contributed by atoms with Gasteiger partial charge in [-0.05, 0) is 24.6 Å². The van der Waals surface area contributed by atoms with E-state index < -0.39 is 0 Å². The van der Waals surface area contributed by atoms with Crippen LogP contribution in [0.5, 0.6) is 0 Å². The highest BCUT2D eigenvalue weighted by atomic mass is 35.5. The molecule has 4 heteroatoms. The summed E-state index contributed by atoms with van der Waals surface area (Å²) in [5.41, 5.74) is 7.51. The topological polar surface area (TPSA) is 58.3 Å². The van der Waals surface area contributed by atoms with Crippen LogP contribution in [0.25, 0.3) is 0 Å². The first kappa shape index (κ1) is 11.3. The van der Waals surface area contributed by atoms with E-state index >= 15 is 0 Å². The van der Waals surface area contributed by atoms with Gasteiger partial charge in [0, 0.05) is 23.3 Å². The van der Waals surface area contributed by atoms with Crippen LogP contribution in [0.4, 0.5) is 5.69 Å². The average Bonchev–Trinajstić information content (AvgIpc) is 2.19. The molecule has 0 aliphatic heterocycles. The molecule has 0 heterocycles. The van der Waals surface area contributed by atoms with Crippen molar-refractivity contribution in [1.29, 1.82) is 0 Å². The molecule has 1 atom stereocenters. The number of hydrogen-bond acceptors (Lipinski definition) is 3. The number of anilines is 1. The molecule has 0 aliphatic rings. The van der Waals surface area contributed by atoms with Crippen molar-refractivity contribution in [2.24, 2.45) is 5.73 Å². The van der Waals surface area contributed by atoms with Crippen LogP contribution in [0.15, 0.2) is 18.2 Å². The van der Waals surface area contributed by atoms with Gasteiger partial charge in [-0.3, -0.25) is 0 Å². The summed E-state index contributed by atoms with van der Waals surface area (Å²) in [7, 11) is 0. The molecule has 0 saturated heterocycles. The lowest BCUT2D eigenvalue weighted by atomic mass is 10.2. The van der Waals surface area contributed by atoms with Gasteiger partial charge < -0.3 is 16.2 Å². The summed E-state index contributed by atoms with van der Waals surface area (Å²) >= 11 is 5.94. The lowest BCUT2D eigenvalue weighted by Gasteiger charge is -2.11. The first-order valence-corrected chi connectivity index (χ1v) is 4.87. The first-order chi connectivity index (χ1) is 6.63. The first-order valence-electron chi connectivity index (χ1n) is 4.50. The van der Waals surface area contributed by atoms with Gasteiger partial charge in [0.1, 0.15) is 0 Å². The highest BCUT2D eigenvalue weighted by molar-refractivity contribution is 6.31. The summed E-state index contributed by atoms with van der Waals surface area (Å²) in [6.45, 7) is 2.47. The number of aliphatic hydroxyl groups excluding tert-OH is 1. The molecule has 3 nitrogen and oxygen atoms in total. The Labute approximate surface area is 88.9 Å². The van der Waals surface area contributed by atoms with Gasteiger partial charge in [0.05, 0.1) is 6.61 Å². The monoisotopic (exact) mass is 214 g/mol. The van der Waals surface area contributed by atoms with Gasteiger partial charge in [-0.25, -0.2) is 0 Å². The van der Waals surface area contributed by atoms with Gasteiger partial charge in [-0.1, -0.05) is 17.7 Å². The predicted molar refractivity (Wildman–Crippen MR) is 59.7 cm³/mol. The number of nitrogens with one attached hydrogen (secondary N) is 1. The number of benzene rings is 1. The van der Waals surface area contributed by atoms with E-state index in [0.717, 1.165) is 16.3 Å². The van der Waals surface area contributed by atoms with Crippen LogP contribution in [-0.2, 0) is 0 Å². The zero-order valence-electron chi connectivity index (χ0n) is 8.13. The molecule has 1 unspecified atom stereocenters. The maximum atomic E-state index is 8.72. The van der Waals surface area contributed by atoms with Crippen molar-refractivity contribution in [3.8, 4) is 0 Å². The Hall–Kier alpha value is -0.770. The lowest BCUT2D eigenvalue weighted by Crippen LogP contribution is -2.32. The highest BCUT2D eigenvalue weighted by Crippen LogP contribution is 2.19. The minimum Gasteiger partial charge on any atom is -0.395 e. The van der Waals surface area contributed by atoms with Crippen molar-refractivity contribution in [3.63, 3.8) is 0 Å². The lowest BCUT2D eigenvalue weighted by molar-refractivity contribution is 0.270. The van der Waals surface area contributed by atoms with Crippen LogP contribution in [0.1, 0.15) is 5.56 Å². The Morgan fingerprint density at radius 1 is 1.57 bits per heavy atom. The molecule has 78 valence electrons. The number of hydrogen-bond donors (Lipinski definition) is 3. The van der Waals surface area contributed by atoms with Crippen LogP contribution in [0.3, 0.4) is 0 Å². The molecule has 1 aromatic rings. The van der Waals surface area contributed by atoms with Crippen molar-refractivity contribution >= 4 is 17.3 Å². The van der Waals surface area contributed by atoms with E-state index in [9.17, 15) is 0 Å². The van der Waals surface area contributed by atoms with E-state index in [-0.39, 0.29) is 12.6 Å². The van der Waals surface area contributed by atoms with Crippen LogP contribution in [0, 0.1) is 6.92 Å². The zero-order valence-corrected chi connectivity index (χ0v) is 8.88. The molecule has 1 aromatic carbocycles. The molecule has 0 bridgehead atoms. The minimum atomic E-state index is -0.241. The summed E-state index contributed by atoms with van der Waals surface area (Å²) in [6, 6.07) is 5.48. The Kier molecular flexibility index (Phi) is 4.20. The minimum absolute atomic E-state index is 0.0212. The number of rotatable bonds is 4. The normalized spacial score (nSPS) is 12.6.